The van der Waals surface area contributed by atoms with Gasteiger partial charge in [-0.15, -0.1) is 0 Å². The van der Waals surface area contributed by atoms with Crippen LogP contribution in [-0.2, 0) is 6.54 Å². The van der Waals surface area contributed by atoms with E-state index in [-0.39, 0.29) is 0 Å². The van der Waals surface area contributed by atoms with Crippen molar-refractivity contribution in [2.45, 2.75) is 71.5 Å². The van der Waals surface area contributed by atoms with Crippen molar-refractivity contribution in [2.24, 2.45) is 11.7 Å². The van der Waals surface area contributed by atoms with Crippen LogP contribution in [0.15, 0.2) is 18.2 Å². The Labute approximate surface area is 129 Å². The van der Waals surface area contributed by atoms with Gasteiger partial charge in [-0.2, -0.15) is 0 Å². The molecule has 21 heavy (non-hydrogen) atoms. The van der Waals surface area contributed by atoms with Gasteiger partial charge < -0.3 is 5.73 Å². The van der Waals surface area contributed by atoms with Gasteiger partial charge in [0.15, 0.2) is 0 Å². The molecule has 1 aromatic heterocycles. The summed E-state index contributed by atoms with van der Waals surface area (Å²) in [6.07, 6.45) is 6.38. The Hall–Kier alpha value is -0.930. The summed E-state index contributed by atoms with van der Waals surface area (Å²) in [5, 5.41) is 0. The van der Waals surface area contributed by atoms with Crippen molar-refractivity contribution in [3.63, 3.8) is 0 Å². The van der Waals surface area contributed by atoms with Crippen molar-refractivity contribution in [2.75, 3.05) is 6.54 Å². The molecule has 2 N–H and O–H groups in total. The van der Waals surface area contributed by atoms with Crippen LogP contribution in [0.4, 0.5) is 0 Å². The van der Waals surface area contributed by atoms with Crippen LogP contribution in [0, 0.1) is 12.8 Å². The van der Waals surface area contributed by atoms with E-state index in [0.717, 1.165) is 24.7 Å². The lowest BCUT2D eigenvalue weighted by Gasteiger charge is -2.41. The molecule has 0 bridgehead atoms. The van der Waals surface area contributed by atoms with Crippen LogP contribution in [0.2, 0.25) is 0 Å². The van der Waals surface area contributed by atoms with E-state index in [4.69, 9.17) is 5.73 Å². The third-order valence-electron chi connectivity index (χ3n) is 4.86. The molecule has 2 rings (SSSR count). The molecule has 0 radical (unpaired) electrons. The zero-order chi connectivity index (χ0) is 15.2. The maximum Gasteiger partial charge on any atom is 0.0547 e. The zero-order valence-electron chi connectivity index (χ0n) is 13.9. The lowest BCUT2D eigenvalue weighted by Crippen LogP contribution is -2.51. The van der Waals surface area contributed by atoms with Gasteiger partial charge >= 0.3 is 0 Å². The monoisotopic (exact) mass is 289 g/mol. The van der Waals surface area contributed by atoms with Crippen molar-refractivity contribution in [1.29, 1.82) is 0 Å². The van der Waals surface area contributed by atoms with Crippen molar-refractivity contribution in [3.8, 4) is 0 Å². The molecule has 3 unspecified atom stereocenters. The van der Waals surface area contributed by atoms with Crippen LogP contribution in [0.25, 0.3) is 0 Å². The van der Waals surface area contributed by atoms with E-state index in [2.05, 4.69) is 48.9 Å². The second-order valence-corrected chi connectivity index (χ2v) is 6.53. The molecule has 0 spiro atoms. The standard InChI is InChI=1S/C18H31N3/c1-4-7-15-10-11-17(19)18(12-15)21(5-2)13-16-9-6-8-14(3)20-16/h6,8-9,15,17-18H,4-5,7,10-13,19H2,1-3H3. The molecule has 1 saturated carbocycles. The highest BCUT2D eigenvalue weighted by atomic mass is 15.2. The first-order valence-corrected chi connectivity index (χ1v) is 8.56. The summed E-state index contributed by atoms with van der Waals surface area (Å²) < 4.78 is 0. The summed E-state index contributed by atoms with van der Waals surface area (Å²) in [6.45, 7) is 8.56. The number of nitrogens with two attached hydrogens (primary N) is 1. The largest absolute Gasteiger partial charge is 0.326 e. The Kier molecular flexibility index (Phi) is 6.19. The maximum absolute atomic E-state index is 6.44. The summed E-state index contributed by atoms with van der Waals surface area (Å²) in [6, 6.07) is 7.13. The summed E-state index contributed by atoms with van der Waals surface area (Å²) in [7, 11) is 0. The minimum atomic E-state index is 0.322. The van der Waals surface area contributed by atoms with Gasteiger partial charge in [-0.25, -0.2) is 0 Å². The Bertz CT molecular complexity index is 432. The maximum atomic E-state index is 6.44. The highest BCUT2D eigenvalue weighted by molar-refractivity contribution is 5.10. The number of hydrogen-bond acceptors (Lipinski definition) is 3. The van der Waals surface area contributed by atoms with Gasteiger partial charge in [-0.1, -0.05) is 32.8 Å². The van der Waals surface area contributed by atoms with Crippen molar-refractivity contribution in [1.82, 2.24) is 9.88 Å². The van der Waals surface area contributed by atoms with Crippen LogP contribution < -0.4 is 5.73 Å². The smallest absolute Gasteiger partial charge is 0.0547 e. The van der Waals surface area contributed by atoms with Gasteiger partial charge in [0.2, 0.25) is 0 Å². The zero-order valence-corrected chi connectivity index (χ0v) is 13.9. The molecule has 118 valence electrons. The average molecular weight is 289 g/mol. The molecule has 3 heteroatoms. The molecule has 1 aliphatic carbocycles. The van der Waals surface area contributed by atoms with E-state index in [1.807, 2.05) is 0 Å². The lowest BCUT2D eigenvalue weighted by molar-refractivity contribution is 0.106. The minimum Gasteiger partial charge on any atom is -0.326 e. The van der Waals surface area contributed by atoms with Crippen LogP contribution >= 0.6 is 0 Å². The SMILES string of the molecule is CCCC1CCC(N)C(N(CC)Cc2cccc(C)n2)C1. The highest BCUT2D eigenvalue weighted by Gasteiger charge is 2.31. The third-order valence-corrected chi connectivity index (χ3v) is 4.86. The number of aromatic nitrogens is 1. The second-order valence-electron chi connectivity index (χ2n) is 6.53. The molecule has 0 aromatic carbocycles. The molecule has 1 fully saturated rings. The Balaban J connectivity index is 2.04. The molecule has 3 nitrogen and oxygen atoms in total. The van der Waals surface area contributed by atoms with E-state index in [1.54, 1.807) is 0 Å². The van der Waals surface area contributed by atoms with E-state index >= 15 is 0 Å². The van der Waals surface area contributed by atoms with E-state index in [1.165, 1.54) is 37.8 Å². The van der Waals surface area contributed by atoms with Gasteiger partial charge in [0.1, 0.15) is 0 Å². The summed E-state index contributed by atoms with van der Waals surface area (Å²) >= 11 is 0. The fraction of sp³-hybridized carbons (Fsp3) is 0.722. The number of aryl methyl sites for hydroxylation is 1. The Morgan fingerprint density at radius 1 is 1.29 bits per heavy atom. The number of hydrogen-bond donors (Lipinski definition) is 1. The van der Waals surface area contributed by atoms with Gasteiger partial charge in [0.05, 0.1) is 5.69 Å². The van der Waals surface area contributed by atoms with Gasteiger partial charge in [-0.3, -0.25) is 9.88 Å². The molecule has 0 aliphatic heterocycles. The molecule has 0 amide bonds. The lowest BCUT2D eigenvalue weighted by atomic mass is 9.80. The minimum absolute atomic E-state index is 0.322. The van der Waals surface area contributed by atoms with Crippen LogP contribution in [0.5, 0.6) is 0 Å². The molecular weight excluding hydrogens is 258 g/mol. The number of likely N-dealkylation sites (N-methyl/N-ethyl adjacent to an activating group) is 1. The fourth-order valence-electron chi connectivity index (χ4n) is 3.70. The second kappa shape index (κ2) is 7.90. The predicted molar refractivity (Wildman–Crippen MR) is 89.1 cm³/mol. The first-order valence-electron chi connectivity index (χ1n) is 8.56. The predicted octanol–water partition coefficient (Wildman–Crippen LogP) is 3.51. The van der Waals surface area contributed by atoms with Crippen molar-refractivity contribution >= 4 is 0 Å². The average Bonchev–Trinajstić information content (AvgIpc) is 2.47. The summed E-state index contributed by atoms with van der Waals surface area (Å²) in [4.78, 5) is 7.19. The van der Waals surface area contributed by atoms with E-state index in [9.17, 15) is 0 Å². The molecule has 1 aromatic rings. The topological polar surface area (TPSA) is 42.1 Å². The summed E-state index contributed by atoms with van der Waals surface area (Å²) in [5.74, 6) is 0.860. The van der Waals surface area contributed by atoms with Crippen molar-refractivity contribution in [3.05, 3.63) is 29.6 Å². The first kappa shape index (κ1) is 16.4. The van der Waals surface area contributed by atoms with Gasteiger partial charge in [-0.05, 0) is 50.8 Å². The molecule has 0 saturated heterocycles. The number of rotatable bonds is 6. The van der Waals surface area contributed by atoms with Crippen LogP contribution in [0.3, 0.4) is 0 Å². The summed E-state index contributed by atoms with van der Waals surface area (Å²) in [5.41, 5.74) is 8.70. The number of pyridine rings is 1. The third kappa shape index (κ3) is 4.52. The normalized spacial score (nSPS) is 26.2. The Morgan fingerprint density at radius 2 is 2.10 bits per heavy atom. The van der Waals surface area contributed by atoms with Gasteiger partial charge in [0.25, 0.3) is 0 Å². The van der Waals surface area contributed by atoms with Gasteiger partial charge in [0, 0.05) is 24.3 Å². The molecular formula is C18H31N3. The first-order chi connectivity index (χ1) is 10.1. The van der Waals surface area contributed by atoms with Crippen LogP contribution in [0.1, 0.15) is 57.3 Å². The number of nitrogens with zero attached hydrogens (tertiary/aromatic N) is 2. The molecule has 1 heterocycles. The van der Waals surface area contributed by atoms with Crippen molar-refractivity contribution < 1.29 is 0 Å². The fourth-order valence-corrected chi connectivity index (χ4v) is 3.70. The van der Waals surface area contributed by atoms with E-state index in [0.29, 0.717) is 12.1 Å². The molecule has 3 atom stereocenters. The molecule has 1 aliphatic rings. The quantitative estimate of drug-likeness (QED) is 0.871. The Morgan fingerprint density at radius 3 is 2.76 bits per heavy atom. The van der Waals surface area contributed by atoms with E-state index < -0.39 is 0 Å². The van der Waals surface area contributed by atoms with Crippen LogP contribution in [-0.4, -0.2) is 28.5 Å². The highest BCUT2D eigenvalue weighted by Crippen LogP contribution is 2.30.